The van der Waals surface area contributed by atoms with Crippen LogP contribution in [0.2, 0.25) is 0 Å². The molecule has 2 aliphatic carbocycles. The molecule has 35 heavy (non-hydrogen) atoms. The molecule has 1 unspecified atom stereocenters. The molecule has 0 aliphatic heterocycles. The predicted octanol–water partition coefficient (Wildman–Crippen LogP) is 8.50. The van der Waals surface area contributed by atoms with Crippen molar-refractivity contribution in [3.8, 4) is 11.1 Å². The maximum absolute atomic E-state index is 11.8. The number of hydrogen-bond donors (Lipinski definition) is 0. The molecule has 3 aromatic carbocycles. The molecule has 1 atom stereocenters. The third-order valence-electron chi connectivity index (χ3n) is 5.59. The molecule has 0 saturated heterocycles. The quantitative estimate of drug-likeness (QED) is 0.209. The molecule has 0 spiro atoms. The second kappa shape index (κ2) is 13.7. The van der Waals surface area contributed by atoms with Gasteiger partial charge in [0.25, 0.3) is 0 Å². The summed E-state index contributed by atoms with van der Waals surface area (Å²) in [5, 5.41) is 0. The van der Waals surface area contributed by atoms with Gasteiger partial charge in [0.2, 0.25) is 0 Å². The summed E-state index contributed by atoms with van der Waals surface area (Å²) in [6.45, 7) is 8.79. The Kier molecular flexibility index (Phi) is 11.3. The van der Waals surface area contributed by atoms with Crippen molar-refractivity contribution in [2.75, 3.05) is 0 Å². The van der Waals surface area contributed by atoms with Crippen LogP contribution in [0.4, 0.5) is 13.2 Å². The van der Waals surface area contributed by atoms with E-state index < -0.39 is 11.7 Å². The Morgan fingerprint density at radius 2 is 1.57 bits per heavy atom. The van der Waals surface area contributed by atoms with Crippen LogP contribution in [0.25, 0.3) is 11.1 Å². The van der Waals surface area contributed by atoms with Gasteiger partial charge in [0, 0.05) is 0 Å². The summed E-state index contributed by atoms with van der Waals surface area (Å²) in [5.41, 5.74) is 7.71. The normalized spacial score (nSPS) is 15.1. The van der Waals surface area contributed by atoms with E-state index in [9.17, 15) is 13.2 Å². The van der Waals surface area contributed by atoms with E-state index in [-0.39, 0.29) is 0 Å². The molecule has 0 radical (unpaired) electrons. The van der Waals surface area contributed by atoms with Crippen molar-refractivity contribution in [2.24, 2.45) is 11.8 Å². The van der Waals surface area contributed by atoms with Crippen LogP contribution >= 0.6 is 0 Å². The van der Waals surface area contributed by atoms with E-state index in [0.717, 1.165) is 18.6 Å². The second-order valence-corrected chi connectivity index (χ2v) is 8.52. The van der Waals surface area contributed by atoms with E-state index in [2.05, 4.69) is 92.6 Å². The van der Waals surface area contributed by atoms with Crippen molar-refractivity contribution in [1.82, 2.24) is 0 Å². The van der Waals surface area contributed by atoms with E-state index in [1.165, 1.54) is 69.8 Å². The van der Waals surface area contributed by atoms with Crippen molar-refractivity contribution in [2.45, 2.75) is 40.3 Å². The Bertz CT molecular complexity index is 1100. The minimum absolute atomic E-state index is 0.539. The smallest absolute Gasteiger partial charge is 0.0253 e. The Morgan fingerprint density at radius 3 is 2.09 bits per heavy atom. The van der Waals surface area contributed by atoms with Crippen LogP contribution in [0, 0.1) is 30.0 Å². The van der Waals surface area contributed by atoms with Gasteiger partial charge in [-0.05, 0) is 6.42 Å². The zero-order valence-electron chi connectivity index (χ0n) is 20.6. The summed E-state index contributed by atoms with van der Waals surface area (Å²) in [5.74, 6) is 1.20. The van der Waals surface area contributed by atoms with Crippen LogP contribution in [0.15, 0.2) is 84.0 Å². The Hall–Kier alpha value is -2.32. The number of benzene rings is 3. The van der Waals surface area contributed by atoms with E-state index in [0.29, 0.717) is 11.8 Å². The van der Waals surface area contributed by atoms with Gasteiger partial charge in [-0.25, -0.2) is 5.57 Å². The molecule has 0 nitrogen and oxygen atoms in total. The number of halogens is 3. The van der Waals surface area contributed by atoms with E-state index in [4.69, 9.17) is 0 Å². The van der Waals surface area contributed by atoms with E-state index in [1.807, 2.05) is 6.07 Å². The fourth-order valence-corrected chi connectivity index (χ4v) is 4.06. The van der Waals surface area contributed by atoms with Gasteiger partial charge in [-0.3, -0.25) is 6.08 Å². The molecule has 2 aliphatic rings. The van der Waals surface area contributed by atoms with Crippen LogP contribution in [0.1, 0.15) is 44.4 Å². The molecule has 4 heteroatoms. The van der Waals surface area contributed by atoms with E-state index in [1.54, 1.807) is 0 Å². The minimum Gasteiger partial charge on any atom is -0.179 e. The summed E-state index contributed by atoms with van der Waals surface area (Å²) >= 11 is 1.30. The Morgan fingerprint density at radius 1 is 0.943 bits per heavy atom. The van der Waals surface area contributed by atoms with Crippen LogP contribution in [0.5, 0.6) is 0 Å². The number of alkyl halides is 3. The molecule has 3 aromatic rings. The zero-order chi connectivity index (χ0) is 26.0. The van der Waals surface area contributed by atoms with Gasteiger partial charge < -0.3 is 0 Å². The first kappa shape index (κ1) is 28.9. The monoisotopic (exact) mass is 549 g/mol. The van der Waals surface area contributed by atoms with Gasteiger partial charge in [0.15, 0.2) is 0 Å². The maximum atomic E-state index is 11.8. The van der Waals surface area contributed by atoms with Crippen molar-refractivity contribution in [1.29, 1.82) is 0 Å². The fraction of sp³-hybridized carbons (Fsp3) is 0.258. The van der Waals surface area contributed by atoms with E-state index >= 15 is 0 Å². The summed E-state index contributed by atoms with van der Waals surface area (Å²) < 4.78 is 38.7. The average Bonchev–Trinajstić information content (AvgIpc) is 3.40. The van der Waals surface area contributed by atoms with Crippen LogP contribution in [0.3, 0.4) is 0 Å². The van der Waals surface area contributed by atoms with Gasteiger partial charge in [-0.15, -0.1) is 5.56 Å². The third-order valence-corrected chi connectivity index (χ3v) is 5.59. The number of rotatable bonds is 1. The molecular formula is C31H30F3Zr-3. The summed E-state index contributed by atoms with van der Waals surface area (Å²) in [6.07, 6.45) is 2.50. The number of fused-ring (bicyclic) bond motifs is 3. The first-order valence-electron chi connectivity index (χ1n) is 11.5. The fourth-order valence-electron chi connectivity index (χ4n) is 4.06. The van der Waals surface area contributed by atoms with Crippen molar-refractivity contribution < 1.29 is 37.4 Å². The first-order chi connectivity index (χ1) is 16.7. The molecule has 0 fully saturated rings. The van der Waals surface area contributed by atoms with Crippen LogP contribution < -0.4 is 0 Å². The zero-order valence-corrected chi connectivity index (χ0v) is 23.1. The first-order valence-corrected chi connectivity index (χ1v) is 13.2. The SMILES string of the molecule is CC1=[C-]C(C)C=C1C(C)C.FC(F)(F)c1cc[c-]cc1.[CH2]=[Zr].[c-]1cccc2c1Cc1ccccc1-2. The van der Waals surface area contributed by atoms with Crippen molar-refractivity contribution in [3.05, 3.63) is 119 Å². The number of hydrogen-bond acceptors (Lipinski definition) is 0. The Labute approximate surface area is 222 Å². The van der Waals surface area contributed by atoms with Gasteiger partial charge in [0.05, 0.1) is 0 Å². The molecule has 0 bridgehead atoms. The van der Waals surface area contributed by atoms with Gasteiger partial charge >= 0.3 is 34.6 Å². The van der Waals surface area contributed by atoms with Crippen LogP contribution in [-0.4, -0.2) is 4.21 Å². The van der Waals surface area contributed by atoms with Gasteiger partial charge in [-0.1, -0.05) is 80.5 Å². The molecular weight excluding hydrogens is 521 g/mol. The second-order valence-electron chi connectivity index (χ2n) is 8.52. The van der Waals surface area contributed by atoms with Crippen LogP contribution in [-0.2, 0) is 36.8 Å². The minimum atomic E-state index is -4.23. The number of allylic oxidation sites excluding steroid dienone is 4. The maximum Gasteiger partial charge on any atom is -0.0253 e. The summed E-state index contributed by atoms with van der Waals surface area (Å²) in [7, 11) is 0. The van der Waals surface area contributed by atoms with Crippen molar-refractivity contribution >= 4 is 4.21 Å². The largest absolute Gasteiger partial charge is 0.179 e. The van der Waals surface area contributed by atoms with Crippen molar-refractivity contribution in [3.63, 3.8) is 0 Å². The molecule has 5 rings (SSSR count). The molecule has 182 valence electrons. The summed E-state index contributed by atoms with van der Waals surface area (Å²) in [4.78, 5) is 0. The Balaban J connectivity index is 0.000000181. The molecule has 0 aromatic heterocycles. The average molecular weight is 551 g/mol. The third kappa shape index (κ3) is 8.39. The standard InChI is InChI=1S/C13H9.C10H15.C7H4F3.CH2.Zr/c1-3-7-12-10(5-1)9-11-6-2-4-8-13(11)12;1-7(2)10-6-8(3)5-9(10)4;8-7(9,10)6-4-2-1-3-5-6;;/h1-5,7-8H,9H2;6-8H,1-4H3;2-5H;1H2;/q3*-1;;. The van der Waals surface area contributed by atoms with Gasteiger partial charge in [-0.2, -0.15) is 85.0 Å². The molecule has 0 saturated carbocycles. The summed E-state index contributed by atoms with van der Waals surface area (Å²) in [6, 6.07) is 25.1. The topological polar surface area (TPSA) is 0 Å². The molecule has 0 heterocycles. The van der Waals surface area contributed by atoms with Gasteiger partial charge in [0.1, 0.15) is 0 Å². The molecule has 0 amide bonds. The predicted molar refractivity (Wildman–Crippen MR) is 135 cm³/mol. The molecule has 0 N–H and O–H groups in total.